The Morgan fingerprint density at radius 3 is 2.53 bits per heavy atom. The number of rotatable bonds is 1. The number of esters is 1. The summed E-state index contributed by atoms with van der Waals surface area (Å²) in [5, 5.41) is 0. The Labute approximate surface area is 205 Å². The first-order valence-electron chi connectivity index (χ1n) is 14.1. The summed E-state index contributed by atoms with van der Waals surface area (Å²) >= 11 is 0. The highest BCUT2D eigenvalue weighted by Gasteiger charge is 2.71. The highest BCUT2D eigenvalue weighted by molar-refractivity contribution is 5.87. The molecule has 34 heavy (non-hydrogen) atoms. The molecule has 4 aliphatic carbocycles. The van der Waals surface area contributed by atoms with E-state index in [1.165, 1.54) is 19.8 Å². The molecule has 190 valence electrons. The van der Waals surface area contributed by atoms with Crippen LogP contribution in [-0.2, 0) is 23.8 Å². The fourth-order valence-electron chi connectivity index (χ4n) is 10.3. The van der Waals surface area contributed by atoms with E-state index in [0.717, 1.165) is 51.6 Å². The summed E-state index contributed by atoms with van der Waals surface area (Å²) < 4.78 is 18.8. The summed E-state index contributed by atoms with van der Waals surface area (Å²) in [6.07, 6.45) is 9.47. The molecule has 6 fully saturated rings. The summed E-state index contributed by atoms with van der Waals surface area (Å²) in [6, 6.07) is 0. The lowest BCUT2D eigenvalue weighted by molar-refractivity contribution is -0.272. The number of ketones is 1. The van der Waals surface area contributed by atoms with Crippen molar-refractivity contribution in [1.82, 2.24) is 0 Å². The molecular weight excluding hydrogens is 428 g/mol. The molecule has 2 saturated heterocycles. The lowest BCUT2D eigenvalue weighted by Crippen LogP contribution is -2.58. The SMILES string of the molecule is CC(=O)O[C@H]1CC[C@]2(C)C3CC(=O)[C@@]4(C)C(CC5OC6(CC[C@@H](C)CO6)[C@@H](C)C54)C3CC[C@H]2C1. The molecule has 0 radical (unpaired) electrons. The molecule has 12 atom stereocenters. The summed E-state index contributed by atoms with van der Waals surface area (Å²) in [4.78, 5) is 25.7. The lowest BCUT2D eigenvalue weighted by Gasteiger charge is -2.60. The summed E-state index contributed by atoms with van der Waals surface area (Å²) in [7, 11) is 0. The van der Waals surface area contributed by atoms with Crippen molar-refractivity contribution in [3.63, 3.8) is 0 Å². The molecule has 0 amide bonds. The van der Waals surface area contributed by atoms with Crippen LogP contribution in [0.25, 0.3) is 0 Å². The maximum atomic E-state index is 14.1. The quantitative estimate of drug-likeness (QED) is 0.469. The van der Waals surface area contributed by atoms with Gasteiger partial charge in [-0.15, -0.1) is 0 Å². The number of hydrogen-bond acceptors (Lipinski definition) is 5. The molecule has 6 unspecified atom stereocenters. The Morgan fingerprint density at radius 2 is 1.82 bits per heavy atom. The molecule has 0 aromatic heterocycles. The molecule has 0 aromatic rings. The molecule has 5 nitrogen and oxygen atoms in total. The number of fused-ring (bicyclic) bond motifs is 7. The third-order valence-corrected chi connectivity index (χ3v) is 12.1. The molecule has 1 spiro atoms. The van der Waals surface area contributed by atoms with Crippen molar-refractivity contribution < 1.29 is 23.8 Å². The molecule has 6 rings (SSSR count). The van der Waals surface area contributed by atoms with E-state index >= 15 is 0 Å². The second-order valence-electron chi connectivity index (χ2n) is 13.5. The average molecular weight is 473 g/mol. The fraction of sp³-hybridized carbons (Fsp3) is 0.931. The van der Waals surface area contributed by atoms with Gasteiger partial charge in [0, 0.05) is 37.0 Å². The molecule has 0 aromatic carbocycles. The first-order valence-corrected chi connectivity index (χ1v) is 14.1. The Bertz CT molecular complexity index is 861. The van der Waals surface area contributed by atoms with Gasteiger partial charge >= 0.3 is 5.97 Å². The van der Waals surface area contributed by atoms with Gasteiger partial charge in [0.2, 0.25) is 0 Å². The second kappa shape index (κ2) is 7.78. The van der Waals surface area contributed by atoms with Gasteiger partial charge in [0.25, 0.3) is 0 Å². The van der Waals surface area contributed by atoms with E-state index in [-0.39, 0.29) is 40.8 Å². The summed E-state index contributed by atoms with van der Waals surface area (Å²) in [5.41, 5.74) is -0.0934. The van der Waals surface area contributed by atoms with Crippen molar-refractivity contribution >= 4 is 11.8 Å². The highest BCUT2D eigenvalue weighted by Crippen LogP contribution is 2.70. The maximum Gasteiger partial charge on any atom is 0.302 e. The van der Waals surface area contributed by atoms with Crippen molar-refractivity contribution in [2.45, 2.75) is 110 Å². The van der Waals surface area contributed by atoms with Crippen molar-refractivity contribution in [3.8, 4) is 0 Å². The predicted octanol–water partition coefficient (Wildman–Crippen LogP) is 5.54. The number of Topliss-reactive ketones (excluding diaryl/α,β-unsaturated/α-hetero) is 1. The molecule has 6 aliphatic rings. The van der Waals surface area contributed by atoms with Crippen LogP contribution < -0.4 is 0 Å². The zero-order valence-corrected chi connectivity index (χ0v) is 21.8. The van der Waals surface area contributed by atoms with Crippen LogP contribution in [0.1, 0.15) is 92.4 Å². The third kappa shape index (κ3) is 3.11. The fourth-order valence-corrected chi connectivity index (χ4v) is 10.3. The van der Waals surface area contributed by atoms with Crippen molar-refractivity contribution in [1.29, 1.82) is 0 Å². The lowest BCUT2D eigenvalue weighted by atomic mass is 9.44. The van der Waals surface area contributed by atoms with Gasteiger partial charge in [-0.2, -0.15) is 0 Å². The summed E-state index contributed by atoms with van der Waals surface area (Å²) in [6.45, 7) is 11.6. The van der Waals surface area contributed by atoms with Gasteiger partial charge in [-0.25, -0.2) is 0 Å². The zero-order valence-electron chi connectivity index (χ0n) is 21.8. The van der Waals surface area contributed by atoms with E-state index in [2.05, 4.69) is 27.7 Å². The van der Waals surface area contributed by atoms with E-state index in [9.17, 15) is 9.59 Å². The first kappa shape index (κ1) is 23.5. The van der Waals surface area contributed by atoms with Crippen LogP contribution >= 0.6 is 0 Å². The second-order valence-corrected chi connectivity index (χ2v) is 13.5. The smallest absolute Gasteiger partial charge is 0.302 e. The van der Waals surface area contributed by atoms with Crippen LogP contribution in [0.2, 0.25) is 0 Å². The van der Waals surface area contributed by atoms with E-state index in [4.69, 9.17) is 14.2 Å². The largest absolute Gasteiger partial charge is 0.463 e. The molecule has 0 bridgehead atoms. The van der Waals surface area contributed by atoms with Crippen LogP contribution in [0, 0.1) is 52.3 Å². The third-order valence-electron chi connectivity index (χ3n) is 12.1. The molecule has 2 aliphatic heterocycles. The molecule has 2 heterocycles. The van der Waals surface area contributed by atoms with Gasteiger partial charge in [0.15, 0.2) is 5.79 Å². The first-order chi connectivity index (χ1) is 16.1. The molecule has 5 heteroatoms. The van der Waals surface area contributed by atoms with Crippen LogP contribution in [0.4, 0.5) is 0 Å². The number of ether oxygens (including phenoxy) is 3. The van der Waals surface area contributed by atoms with Crippen LogP contribution in [0.15, 0.2) is 0 Å². The van der Waals surface area contributed by atoms with E-state index in [1.54, 1.807) is 0 Å². The van der Waals surface area contributed by atoms with Crippen LogP contribution in [0.3, 0.4) is 0 Å². The number of hydrogen-bond donors (Lipinski definition) is 0. The monoisotopic (exact) mass is 472 g/mol. The zero-order chi connectivity index (χ0) is 24.0. The van der Waals surface area contributed by atoms with Gasteiger partial charge in [-0.1, -0.05) is 27.7 Å². The Balaban J connectivity index is 1.25. The Morgan fingerprint density at radius 1 is 1.03 bits per heavy atom. The number of carbonyl (C=O) groups is 2. The molecule has 0 N–H and O–H groups in total. The Kier molecular flexibility index (Phi) is 5.37. The molecular formula is C29H44O5. The van der Waals surface area contributed by atoms with Crippen molar-refractivity contribution in [3.05, 3.63) is 0 Å². The van der Waals surface area contributed by atoms with Gasteiger partial charge in [0.1, 0.15) is 11.9 Å². The van der Waals surface area contributed by atoms with Crippen LogP contribution in [-0.4, -0.2) is 36.4 Å². The standard InChI is InChI=1S/C29H44O5/c1-16-8-11-29(32-15-16)17(2)26-24(34-29)13-23-21-7-6-19-12-20(33-18(3)30)9-10-27(19,4)22(21)14-25(31)28(23,26)5/h16-17,19-24,26H,6-15H2,1-5H3/t16-,17+,19+,20+,21?,22?,23?,24?,26?,27+,28-,29?/m1/s1. The van der Waals surface area contributed by atoms with Gasteiger partial charge < -0.3 is 14.2 Å². The average Bonchev–Trinajstić information content (AvgIpc) is 3.23. The van der Waals surface area contributed by atoms with Gasteiger partial charge in [-0.3, -0.25) is 9.59 Å². The topological polar surface area (TPSA) is 61.8 Å². The predicted molar refractivity (Wildman–Crippen MR) is 128 cm³/mol. The van der Waals surface area contributed by atoms with Gasteiger partial charge in [-0.05, 0) is 80.0 Å². The van der Waals surface area contributed by atoms with E-state index in [1.807, 2.05) is 0 Å². The molecule has 4 saturated carbocycles. The minimum Gasteiger partial charge on any atom is -0.463 e. The van der Waals surface area contributed by atoms with Crippen molar-refractivity contribution in [2.75, 3.05) is 6.61 Å². The van der Waals surface area contributed by atoms with Crippen molar-refractivity contribution in [2.24, 2.45) is 52.3 Å². The van der Waals surface area contributed by atoms with E-state index in [0.29, 0.717) is 35.4 Å². The minimum atomic E-state index is -0.467. The summed E-state index contributed by atoms with van der Waals surface area (Å²) in [5.74, 6) is 3.07. The minimum absolute atomic E-state index is 0.0613. The Hall–Kier alpha value is -0.940. The normalized spacial score (nSPS) is 56.4. The van der Waals surface area contributed by atoms with E-state index < -0.39 is 5.79 Å². The maximum absolute atomic E-state index is 14.1. The van der Waals surface area contributed by atoms with Crippen LogP contribution in [0.5, 0.6) is 0 Å². The highest BCUT2D eigenvalue weighted by atomic mass is 16.7. The van der Waals surface area contributed by atoms with Gasteiger partial charge in [0.05, 0.1) is 12.7 Å². The number of carbonyl (C=O) groups excluding carboxylic acids is 2.